The molecule has 5 nitrogen and oxygen atoms in total. The van der Waals surface area contributed by atoms with Crippen LogP contribution in [0.3, 0.4) is 0 Å². The number of ether oxygens (including phenoxy) is 1. The largest absolute Gasteiger partial charge is 0.398 e. The van der Waals surface area contributed by atoms with Crippen LogP contribution in [0, 0.1) is 0 Å². The summed E-state index contributed by atoms with van der Waals surface area (Å²) in [4.78, 5) is 14.2. The van der Waals surface area contributed by atoms with Gasteiger partial charge in [0, 0.05) is 23.8 Å². The van der Waals surface area contributed by atoms with Crippen LogP contribution >= 0.6 is 11.6 Å². The highest BCUT2D eigenvalue weighted by molar-refractivity contribution is 6.31. The quantitative estimate of drug-likeness (QED) is 0.812. The number of nitrogens with zero attached hydrogens (tertiary/aromatic N) is 1. The van der Waals surface area contributed by atoms with Crippen LogP contribution in [0.2, 0.25) is 5.02 Å². The van der Waals surface area contributed by atoms with Crippen LogP contribution in [-0.2, 0) is 4.74 Å². The number of nitrogens with two attached hydrogens (primary N) is 1. The smallest absolute Gasteiger partial charge is 0.256 e. The van der Waals surface area contributed by atoms with Gasteiger partial charge in [0.25, 0.3) is 5.91 Å². The molecule has 1 fully saturated rings. The first-order chi connectivity index (χ1) is 9.32. The van der Waals surface area contributed by atoms with Crippen molar-refractivity contribution < 1.29 is 14.6 Å². The van der Waals surface area contributed by atoms with Gasteiger partial charge in [0.1, 0.15) is 0 Å². The summed E-state index contributed by atoms with van der Waals surface area (Å²) in [6, 6.07) is 4.82. The number of rotatable bonds is 2. The normalized spacial score (nSPS) is 21.8. The fourth-order valence-corrected chi connectivity index (χ4v) is 2.62. The third kappa shape index (κ3) is 3.23. The molecule has 1 amide bonds. The summed E-state index contributed by atoms with van der Waals surface area (Å²) >= 11 is 5.84. The Morgan fingerprint density at radius 2 is 2.30 bits per heavy atom. The van der Waals surface area contributed by atoms with Crippen molar-refractivity contribution in [1.29, 1.82) is 0 Å². The van der Waals surface area contributed by atoms with E-state index in [0.717, 1.165) is 0 Å². The Kier molecular flexibility index (Phi) is 4.22. The highest BCUT2D eigenvalue weighted by Gasteiger charge is 2.35. The maximum atomic E-state index is 12.5. The van der Waals surface area contributed by atoms with E-state index in [-0.39, 0.29) is 18.6 Å². The monoisotopic (exact) mass is 298 g/mol. The van der Waals surface area contributed by atoms with Gasteiger partial charge in [0.05, 0.1) is 23.9 Å². The zero-order valence-electron chi connectivity index (χ0n) is 11.6. The molecule has 2 rings (SSSR count). The Morgan fingerprint density at radius 3 is 2.90 bits per heavy atom. The van der Waals surface area contributed by atoms with Crippen molar-refractivity contribution in [2.45, 2.75) is 25.6 Å². The minimum absolute atomic E-state index is 0.122. The molecule has 1 aromatic carbocycles. The number of anilines is 1. The number of nitrogen functional groups attached to an aromatic ring is 1. The molecule has 20 heavy (non-hydrogen) atoms. The van der Waals surface area contributed by atoms with E-state index >= 15 is 0 Å². The van der Waals surface area contributed by atoms with Crippen molar-refractivity contribution in [3.63, 3.8) is 0 Å². The van der Waals surface area contributed by atoms with Crippen LogP contribution in [0.15, 0.2) is 18.2 Å². The molecular weight excluding hydrogens is 280 g/mol. The maximum absolute atomic E-state index is 12.5. The number of carbonyl (C=O) groups excluding carboxylic acids is 1. The number of amides is 1. The highest BCUT2D eigenvalue weighted by Crippen LogP contribution is 2.25. The van der Waals surface area contributed by atoms with Crippen molar-refractivity contribution in [2.75, 3.05) is 25.4 Å². The van der Waals surface area contributed by atoms with Gasteiger partial charge in [0.2, 0.25) is 0 Å². The summed E-state index contributed by atoms with van der Waals surface area (Å²) in [6.45, 7) is 4.45. The van der Waals surface area contributed by atoms with Gasteiger partial charge in [-0.15, -0.1) is 0 Å². The van der Waals surface area contributed by atoms with Crippen molar-refractivity contribution >= 4 is 23.2 Å². The van der Waals surface area contributed by atoms with Crippen LogP contribution in [0.4, 0.5) is 5.69 Å². The molecule has 0 bridgehead atoms. The lowest BCUT2D eigenvalue weighted by atomic mass is 10.0. The lowest BCUT2D eigenvalue weighted by Gasteiger charge is -2.42. The molecule has 1 aliphatic rings. The van der Waals surface area contributed by atoms with Gasteiger partial charge in [-0.1, -0.05) is 11.6 Å². The zero-order valence-corrected chi connectivity index (χ0v) is 12.4. The minimum atomic E-state index is -0.498. The third-order valence-electron chi connectivity index (χ3n) is 3.22. The van der Waals surface area contributed by atoms with E-state index in [4.69, 9.17) is 22.1 Å². The summed E-state index contributed by atoms with van der Waals surface area (Å²) in [6.07, 6.45) is -0.378. The molecule has 1 saturated heterocycles. The van der Waals surface area contributed by atoms with Crippen molar-refractivity contribution in [3.05, 3.63) is 28.8 Å². The second-order valence-corrected chi connectivity index (χ2v) is 6.04. The number of hydrogen-bond acceptors (Lipinski definition) is 4. The molecule has 1 aromatic rings. The van der Waals surface area contributed by atoms with Gasteiger partial charge < -0.3 is 20.5 Å². The molecule has 0 saturated carbocycles. The topological polar surface area (TPSA) is 75.8 Å². The molecule has 1 unspecified atom stereocenters. The Morgan fingerprint density at radius 1 is 1.60 bits per heavy atom. The predicted molar refractivity (Wildman–Crippen MR) is 77.8 cm³/mol. The van der Waals surface area contributed by atoms with Gasteiger partial charge >= 0.3 is 0 Å². The number of benzene rings is 1. The number of halogens is 1. The number of aliphatic hydroxyl groups is 1. The van der Waals surface area contributed by atoms with Gasteiger partial charge in [0.15, 0.2) is 0 Å². The highest BCUT2D eigenvalue weighted by atomic mass is 35.5. The van der Waals surface area contributed by atoms with Crippen LogP contribution in [0.5, 0.6) is 0 Å². The molecule has 0 spiro atoms. The molecule has 110 valence electrons. The Balaban J connectivity index is 2.23. The SMILES string of the molecule is CC1(C)CN(C(=O)c2ccc(Cl)cc2N)CC(CO)O1. The molecular formula is C14H19ClN2O3. The molecule has 0 aliphatic carbocycles. The van der Waals surface area contributed by atoms with Gasteiger partial charge in [-0.05, 0) is 32.0 Å². The van der Waals surface area contributed by atoms with Crippen LogP contribution in [0.1, 0.15) is 24.2 Å². The summed E-state index contributed by atoms with van der Waals surface area (Å²) in [5.74, 6) is -0.172. The van der Waals surface area contributed by atoms with Crippen molar-refractivity contribution in [3.8, 4) is 0 Å². The van der Waals surface area contributed by atoms with Gasteiger partial charge in [-0.25, -0.2) is 0 Å². The fraction of sp³-hybridized carbons (Fsp3) is 0.500. The van der Waals surface area contributed by atoms with Gasteiger partial charge in [-0.3, -0.25) is 4.79 Å². The first-order valence-electron chi connectivity index (χ1n) is 6.45. The number of morpholine rings is 1. The fourth-order valence-electron chi connectivity index (χ4n) is 2.44. The number of carbonyl (C=O) groups is 1. The Hall–Kier alpha value is -1.30. The van der Waals surface area contributed by atoms with Crippen molar-refractivity contribution in [1.82, 2.24) is 4.90 Å². The number of aliphatic hydroxyl groups excluding tert-OH is 1. The second-order valence-electron chi connectivity index (χ2n) is 5.60. The summed E-state index contributed by atoms with van der Waals surface area (Å²) in [7, 11) is 0. The second kappa shape index (κ2) is 5.60. The number of hydrogen-bond donors (Lipinski definition) is 2. The summed E-state index contributed by atoms with van der Waals surface area (Å²) in [5.41, 5.74) is 6.13. The van der Waals surface area contributed by atoms with E-state index in [0.29, 0.717) is 29.4 Å². The molecule has 1 atom stereocenters. The summed E-state index contributed by atoms with van der Waals surface area (Å²) in [5, 5.41) is 9.77. The van der Waals surface area contributed by atoms with Crippen LogP contribution in [0.25, 0.3) is 0 Å². The molecule has 0 radical (unpaired) electrons. The zero-order chi connectivity index (χ0) is 14.9. The third-order valence-corrected chi connectivity index (χ3v) is 3.45. The molecule has 6 heteroatoms. The summed E-state index contributed by atoms with van der Waals surface area (Å²) < 4.78 is 5.69. The molecule has 1 heterocycles. The first-order valence-corrected chi connectivity index (χ1v) is 6.83. The van der Waals surface area contributed by atoms with E-state index < -0.39 is 5.60 Å². The average Bonchev–Trinajstić information content (AvgIpc) is 2.36. The molecule has 0 aromatic heterocycles. The first kappa shape index (κ1) is 15.1. The Bertz CT molecular complexity index is 519. The average molecular weight is 299 g/mol. The van der Waals surface area contributed by atoms with E-state index in [1.54, 1.807) is 23.1 Å². The van der Waals surface area contributed by atoms with E-state index in [1.165, 1.54) is 0 Å². The standard InChI is InChI=1S/C14H19ClN2O3/c1-14(2)8-17(6-10(7-18)20-14)13(19)11-4-3-9(15)5-12(11)16/h3-5,10,18H,6-8,16H2,1-2H3. The van der Waals surface area contributed by atoms with E-state index in [2.05, 4.69) is 0 Å². The van der Waals surface area contributed by atoms with Crippen LogP contribution < -0.4 is 5.73 Å². The maximum Gasteiger partial charge on any atom is 0.256 e. The van der Waals surface area contributed by atoms with Gasteiger partial charge in [-0.2, -0.15) is 0 Å². The lowest BCUT2D eigenvalue weighted by molar-refractivity contribution is -0.139. The van der Waals surface area contributed by atoms with Crippen molar-refractivity contribution in [2.24, 2.45) is 0 Å². The molecule has 3 N–H and O–H groups in total. The Labute approximate surface area is 123 Å². The lowest BCUT2D eigenvalue weighted by Crippen LogP contribution is -2.55. The minimum Gasteiger partial charge on any atom is -0.398 e. The van der Waals surface area contributed by atoms with Crippen LogP contribution in [-0.4, -0.2) is 47.3 Å². The van der Waals surface area contributed by atoms with E-state index in [9.17, 15) is 9.90 Å². The van der Waals surface area contributed by atoms with E-state index in [1.807, 2.05) is 13.8 Å². The predicted octanol–water partition coefficient (Wildman–Crippen LogP) is 1.53. The molecule has 1 aliphatic heterocycles.